The Hall–Kier alpha value is -3.45. The Morgan fingerprint density at radius 2 is 2.03 bits per heavy atom. The third-order valence-electron chi connectivity index (χ3n) is 6.15. The van der Waals surface area contributed by atoms with E-state index in [1.165, 1.54) is 20.1 Å². The van der Waals surface area contributed by atoms with E-state index < -0.39 is 18.0 Å². The molecule has 1 aliphatic rings. The molecule has 0 spiro atoms. The number of fused-ring (bicyclic) bond motifs is 1. The van der Waals surface area contributed by atoms with E-state index in [1.54, 1.807) is 30.5 Å². The van der Waals surface area contributed by atoms with Crippen LogP contribution >= 0.6 is 0 Å². The minimum absolute atomic E-state index is 0.300. The van der Waals surface area contributed by atoms with E-state index >= 15 is 0 Å². The second-order valence-corrected chi connectivity index (χ2v) is 8.36. The zero-order chi connectivity index (χ0) is 23.7. The summed E-state index contributed by atoms with van der Waals surface area (Å²) in [7, 11) is 1.54. The van der Waals surface area contributed by atoms with Crippen LogP contribution in [0.25, 0.3) is 11.1 Å². The van der Waals surface area contributed by atoms with Gasteiger partial charge < -0.3 is 19.7 Å². The number of hydrogen-bond donors (Lipinski definition) is 2. The maximum Gasteiger partial charge on any atom is 0.309 e. The molecule has 33 heavy (non-hydrogen) atoms. The number of aliphatic hydroxyl groups excluding tert-OH is 1. The van der Waals surface area contributed by atoms with Crippen molar-refractivity contribution in [2.45, 2.75) is 38.9 Å². The molecule has 0 saturated carbocycles. The van der Waals surface area contributed by atoms with Gasteiger partial charge in [0.1, 0.15) is 23.4 Å². The summed E-state index contributed by atoms with van der Waals surface area (Å²) in [5.41, 5.74) is 4.20. The van der Waals surface area contributed by atoms with Crippen molar-refractivity contribution in [3.05, 3.63) is 76.9 Å². The zero-order valence-corrected chi connectivity index (χ0v) is 18.7. The number of carboxylic acids is 1. The average molecular weight is 451 g/mol. The largest absolute Gasteiger partial charge is 0.497 e. The summed E-state index contributed by atoms with van der Waals surface area (Å²) in [5.74, 6) is -1.17. The van der Waals surface area contributed by atoms with E-state index in [0.717, 1.165) is 29.7 Å². The number of aromatic nitrogens is 1. The van der Waals surface area contributed by atoms with E-state index in [9.17, 15) is 19.4 Å². The van der Waals surface area contributed by atoms with E-state index in [2.05, 4.69) is 4.98 Å². The minimum atomic E-state index is -1.13. The first-order chi connectivity index (χ1) is 15.8. The van der Waals surface area contributed by atoms with E-state index in [-0.39, 0.29) is 11.9 Å². The molecular formula is C26H26FNO5. The van der Waals surface area contributed by atoms with Gasteiger partial charge in [-0.2, -0.15) is 0 Å². The predicted molar refractivity (Wildman–Crippen MR) is 121 cm³/mol. The number of nitrogens with zero attached hydrogens (tertiary/aromatic N) is 1. The second-order valence-electron chi connectivity index (χ2n) is 8.36. The topological polar surface area (TPSA) is 88.9 Å². The first-order valence-corrected chi connectivity index (χ1v) is 10.8. The number of carboxylic acid groups (broad SMARTS) is 1. The fraction of sp³-hybridized carbons (Fsp3) is 0.308. The lowest BCUT2D eigenvalue weighted by Crippen LogP contribution is -2.20. The molecular weight excluding hydrogens is 425 g/mol. The highest BCUT2D eigenvalue weighted by Crippen LogP contribution is 2.38. The molecule has 2 heterocycles. The van der Waals surface area contributed by atoms with Gasteiger partial charge in [0.2, 0.25) is 0 Å². The minimum Gasteiger partial charge on any atom is -0.497 e. The highest BCUT2D eigenvalue weighted by Gasteiger charge is 2.27. The third-order valence-corrected chi connectivity index (χ3v) is 6.15. The molecule has 3 atom stereocenters. The second kappa shape index (κ2) is 9.19. The van der Waals surface area contributed by atoms with Crippen molar-refractivity contribution in [2.75, 3.05) is 7.11 Å². The monoisotopic (exact) mass is 451 g/mol. The number of pyridine rings is 1. The van der Waals surface area contributed by atoms with Crippen LogP contribution in [0.5, 0.6) is 11.5 Å². The molecule has 0 amide bonds. The van der Waals surface area contributed by atoms with Gasteiger partial charge in [-0.1, -0.05) is 12.1 Å². The molecule has 172 valence electrons. The SMILES string of the molecule is COc1ccc(F)c(-c2cnc(C3CCc4ccc([C@H](O)[C@H](C)C(=O)O)cc4O3)c(C)c2)c1. The van der Waals surface area contributed by atoms with Crippen molar-refractivity contribution in [3.8, 4) is 22.6 Å². The highest BCUT2D eigenvalue weighted by molar-refractivity contribution is 5.70. The molecule has 1 aromatic heterocycles. The van der Waals surface area contributed by atoms with Gasteiger partial charge in [-0.3, -0.25) is 9.78 Å². The van der Waals surface area contributed by atoms with Crippen molar-refractivity contribution >= 4 is 5.97 Å². The first-order valence-electron chi connectivity index (χ1n) is 10.8. The predicted octanol–water partition coefficient (Wildman–Crippen LogP) is 5.03. The number of benzene rings is 2. The van der Waals surface area contributed by atoms with Crippen molar-refractivity contribution in [1.29, 1.82) is 0 Å². The summed E-state index contributed by atoms with van der Waals surface area (Å²) in [6.45, 7) is 3.38. The number of halogens is 1. The van der Waals surface area contributed by atoms with Crippen molar-refractivity contribution in [2.24, 2.45) is 5.92 Å². The van der Waals surface area contributed by atoms with Crippen LogP contribution in [-0.2, 0) is 11.2 Å². The van der Waals surface area contributed by atoms with Gasteiger partial charge in [-0.15, -0.1) is 0 Å². The third kappa shape index (κ3) is 4.54. The fourth-order valence-corrected chi connectivity index (χ4v) is 4.11. The van der Waals surface area contributed by atoms with E-state index in [1.807, 2.05) is 19.1 Å². The smallest absolute Gasteiger partial charge is 0.309 e. The molecule has 0 aliphatic carbocycles. The molecule has 6 nitrogen and oxygen atoms in total. The van der Waals surface area contributed by atoms with Crippen LogP contribution < -0.4 is 9.47 Å². The van der Waals surface area contributed by atoms with Crippen molar-refractivity contribution in [1.82, 2.24) is 4.98 Å². The van der Waals surface area contributed by atoms with E-state index in [4.69, 9.17) is 9.47 Å². The van der Waals surface area contributed by atoms with Crippen molar-refractivity contribution < 1.29 is 28.9 Å². The van der Waals surface area contributed by atoms with Gasteiger partial charge in [0.15, 0.2) is 0 Å². The zero-order valence-electron chi connectivity index (χ0n) is 18.7. The van der Waals surface area contributed by atoms with Gasteiger partial charge in [-0.05, 0) is 73.7 Å². The number of hydrogen-bond acceptors (Lipinski definition) is 5. The Labute approximate surface area is 191 Å². The van der Waals surface area contributed by atoms with Crippen LogP contribution in [0.2, 0.25) is 0 Å². The number of ether oxygens (including phenoxy) is 2. The highest BCUT2D eigenvalue weighted by atomic mass is 19.1. The van der Waals surface area contributed by atoms with Crippen LogP contribution in [-0.4, -0.2) is 28.3 Å². The normalized spacial score (nSPS) is 16.9. The Bertz CT molecular complexity index is 1200. The summed E-state index contributed by atoms with van der Waals surface area (Å²) in [6, 6.07) is 11.8. The number of aliphatic hydroxyl groups is 1. The Kier molecular flexibility index (Phi) is 6.33. The molecule has 3 aromatic rings. The molecule has 0 radical (unpaired) electrons. The molecule has 2 aromatic carbocycles. The summed E-state index contributed by atoms with van der Waals surface area (Å²) in [6.07, 6.45) is 1.69. The molecule has 1 aliphatic heterocycles. The van der Waals surface area contributed by atoms with Crippen LogP contribution in [0.4, 0.5) is 4.39 Å². The Morgan fingerprint density at radius 1 is 1.24 bits per heavy atom. The van der Waals surface area contributed by atoms with Crippen molar-refractivity contribution in [3.63, 3.8) is 0 Å². The van der Waals surface area contributed by atoms with Gasteiger partial charge >= 0.3 is 5.97 Å². The standard InChI is InChI=1S/C26H26FNO5/c1-14-10-18(20-12-19(32-3)7-8-21(20)27)13-28-24(14)22-9-6-16-4-5-17(11-23(16)33-22)25(29)15(2)26(30)31/h4-5,7-8,10-13,15,22,25,29H,6,9H2,1-3H3,(H,30,31)/t15-,22?,25+/m0/s1. The van der Waals surface area contributed by atoms with Crippen LogP contribution in [0.1, 0.15) is 47.9 Å². The van der Waals surface area contributed by atoms with Crippen LogP contribution in [0, 0.1) is 18.7 Å². The molecule has 2 N–H and O–H groups in total. The lowest BCUT2D eigenvalue weighted by molar-refractivity contribution is -0.145. The molecule has 0 bridgehead atoms. The maximum atomic E-state index is 14.4. The Morgan fingerprint density at radius 3 is 2.73 bits per heavy atom. The lowest BCUT2D eigenvalue weighted by atomic mass is 9.93. The summed E-state index contributed by atoms with van der Waals surface area (Å²) >= 11 is 0. The molecule has 4 rings (SSSR count). The Balaban J connectivity index is 1.60. The average Bonchev–Trinajstić information content (AvgIpc) is 2.82. The molecule has 0 fully saturated rings. The van der Waals surface area contributed by atoms with Gasteiger partial charge in [-0.25, -0.2) is 4.39 Å². The lowest BCUT2D eigenvalue weighted by Gasteiger charge is -2.28. The van der Waals surface area contributed by atoms with Crippen LogP contribution in [0.3, 0.4) is 0 Å². The molecule has 7 heteroatoms. The van der Waals surface area contributed by atoms with E-state index in [0.29, 0.717) is 28.2 Å². The number of carbonyl (C=O) groups is 1. The summed E-state index contributed by atoms with van der Waals surface area (Å²) in [5, 5.41) is 19.6. The van der Waals surface area contributed by atoms with Gasteiger partial charge in [0.25, 0.3) is 0 Å². The number of rotatable bonds is 6. The van der Waals surface area contributed by atoms with Gasteiger partial charge in [0, 0.05) is 17.3 Å². The fourth-order valence-electron chi connectivity index (χ4n) is 4.11. The molecule has 1 unspecified atom stereocenters. The summed E-state index contributed by atoms with van der Waals surface area (Å²) < 4.78 is 25.8. The van der Waals surface area contributed by atoms with Crippen LogP contribution in [0.15, 0.2) is 48.7 Å². The number of aryl methyl sites for hydroxylation is 2. The first kappa shape index (κ1) is 22.7. The quantitative estimate of drug-likeness (QED) is 0.547. The maximum absolute atomic E-state index is 14.4. The summed E-state index contributed by atoms with van der Waals surface area (Å²) in [4.78, 5) is 15.8. The number of methoxy groups -OCH3 is 1. The number of aliphatic carboxylic acids is 1. The molecule has 0 saturated heterocycles. The van der Waals surface area contributed by atoms with Gasteiger partial charge in [0.05, 0.1) is 24.8 Å².